The molecule has 1 unspecified atom stereocenters. The summed E-state index contributed by atoms with van der Waals surface area (Å²) >= 11 is 1.72. The zero-order valence-corrected chi connectivity index (χ0v) is 17.8. The monoisotopic (exact) mass is 407 g/mol. The highest BCUT2D eigenvalue weighted by molar-refractivity contribution is 7.98. The lowest BCUT2D eigenvalue weighted by atomic mass is 9.96. The summed E-state index contributed by atoms with van der Waals surface area (Å²) in [5.74, 6) is 0.824. The summed E-state index contributed by atoms with van der Waals surface area (Å²) < 4.78 is 5.28. The van der Waals surface area contributed by atoms with Crippen LogP contribution in [0.2, 0.25) is 0 Å². The van der Waals surface area contributed by atoms with Gasteiger partial charge in [-0.15, -0.1) is 11.8 Å². The second-order valence-electron chi connectivity index (χ2n) is 7.12. The minimum Gasteiger partial charge on any atom is -0.497 e. The Morgan fingerprint density at radius 2 is 1.86 bits per heavy atom. The van der Waals surface area contributed by atoms with Gasteiger partial charge in [0.2, 0.25) is 0 Å². The molecule has 0 saturated carbocycles. The van der Waals surface area contributed by atoms with Crippen LogP contribution in [-0.2, 0) is 0 Å². The Morgan fingerprint density at radius 1 is 1.14 bits per heavy atom. The van der Waals surface area contributed by atoms with Gasteiger partial charge in [0.15, 0.2) is 0 Å². The van der Waals surface area contributed by atoms with E-state index >= 15 is 0 Å². The minimum atomic E-state index is -0.129. The van der Waals surface area contributed by atoms with E-state index < -0.39 is 0 Å². The maximum atomic E-state index is 13.2. The lowest BCUT2D eigenvalue weighted by Gasteiger charge is -2.26. The first kappa shape index (κ1) is 19.6. The lowest BCUT2D eigenvalue weighted by molar-refractivity contribution is 0.0741. The molecule has 4 rings (SSSR count). The van der Waals surface area contributed by atoms with Gasteiger partial charge in [-0.1, -0.05) is 25.5 Å². The Morgan fingerprint density at radius 3 is 2.48 bits per heavy atom. The molecule has 0 aliphatic carbocycles. The van der Waals surface area contributed by atoms with Crippen molar-refractivity contribution in [3.63, 3.8) is 0 Å². The molecule has 0 radical (unpaired) electrons. The van der Waals surface area contributed by atoms with Crippen molar-refractivity contribution < 1.29 is 9.53 Å². The number of benzene rings is 2. The van der Waals surface area contributed by atoms with E-state index in [0.717, 1.165) is 47.5 Å². The van der Waals surface area contributed by atoms with E-state index in [1.54, 1.807) is 18.9 Å². The molecule has 1 atom stereocenters. The van der Waals surface area contributed by atoms with Gasteiger partial charge in [0.1, 0.15) is 11.4 Å². The van der Waals surface area contributed by atoms with E-state index in [-0.39, 0.29) is 11.9 Å². The van der Waals surface area contributed by atoms with Crippen LogP contribution in [0.5, 0.6) is 5.75 Å². The largest absolute Gasteiger partial charge is 0.497 e. The lowest BCUT2D eigenvalue weighted by Crippen LogP contribution is -2.30. The van der Waals surface area contributed by atoms with Gasteiger partial charge in [0.05, 0.1) is 18.8 Å². The van der Waals surface area contributed by atoms with Crippen LogP contribution in [0.15, 0.2) is 53.4 Å². The normalized spacial score (nSPS) is 15.6. The second kappa shape index (κ2) is 8.33. The van der Waals surface area contributed by atoms with Gasteiger partial charge >= 0.3 is 0 Å². The maximum Gasteiger partial charge on any atom is 0.273 e. The van der Waals surface area contributed by atoms with Crippen molar-refractivity contribution in [2.75, 3.05) is 19.9 Å². The number of nitrogens with one attached hydrogen (secondary N) is 1. The highest BCUT2D eigenvalue weighted by atomic mass is 32.2. The molecule has 1 aromatic heterocycles. The molecule has 3 aromatic rings. The zero-order valence-electron chi connectivity index (χ0n) is 16.9. The van der Waals surface area contributed by atoms with E-state index in [4.69, 9.17) is 4.74 Å². The highest BCUT2D eigenvalue weighted by Gasteiger charge is 2.41. The Balaban J connectivity index is 1.81. The van der Waals surface area contributed by atoms with Crippen molar-refractivity contribution in [2.45, 2.75) is 30.7 Å². The Bertz CT molecular complexity index is 996. The minimum absolute atomic E-state index is 0.0275. The van der Waals surface area contributed by atoms with Crippen LogP contribution in [0.25, 0.3) is 11.3 Å². The number of aromatic nitrogens is 2. The Kier molecular flexibility index (Phi) is 5.62. The van der Waals surface area contributed by atoms with E-state index in [9.17, 15) is 4.79 Å². The fourth-order valence-corrected chi connectivity index (χ4v) is 4.27. The fraction of sp³-hybridized carbons (Fsp3) is 0.304. The number of thioether (sulfide) groups is 1. The predicted molar refractivity (Wildman–Crippen MR) is 117 cm³/mol. The van der Waals surface area contributed by atoms with E-state index in [2.05, 4.69) is 47.6 Å². The van der Waals surface area contributed by atoms with E-state index in [0.29, 0.717) is 5.69 Å². The molecular weight excluding hydrogens is 382 g/mol. The fourth-order valence-electron chi connectivity index (χ4n) is 3.86. The number of amides is 1. The first-order valence-electron chi connectivity index (χ1n) is 9.85. The van der Waals surface area contributed by atoms with Crippen LogP contribution in [0.4, 0.5) is 0 Å². The zero-order chi connectivity index (χ0) is 20.4. The first-order valence-corrected chi connectivity index (χ1v) is 11.1. The van der Waals surface area contributed by atoms with Crippen molar-refractivity contribution >= 4 is 17.7 Å². The van der Waals surface area contributed by atoms with Crippen molar-refractivity contribution in [1.29, 1.82) is 0 Å². The van der Waals surface area contributed by atoms with Crippen molar-refractivity contribution in [1.82, 2.24) is 15.1 Å². The van der Waals surface area contributed by atoms with Crippen LogP contribution >= 0.6 is 11.8 Å². The molecule has 0 spiro atoms. The molecule has 1 N–H and O–H groups in total. The molecule has 0 saturated heterocycles. The quantitative estimate of drug-likeness (QED) is 0.550. The van der Waals surface area contributed by atoms with Crippen LogP contribution in [0.1, 0.15) is 47.4 Å². The number of hydrogen-bond donors (Lipinski definition) is 1. The van der Waals surface area contributed by atoms with Gasteiger partial charge in [0, 0.05) is 22.6 Å². The van der Waals surface area contributed by atoms with Crippen LogP contribution in [-0.4, -0.2) is 40.9 Å². The number of fused-ring (bicyclic) bond motifs is 1. The van der Waals surface area contributed by atoms with Crippen molar-refractivity contribution in [2.24, 2.45) is 0 Å². The number of rotatable bonds is 7. The molecule has 1 amide bonds. The number of unbranched alkanes of at least 4 members (excludes halogenated alkanes) is 1. The van der Waals surface area contributed by atoms with Crippen LogP contribution < -0.4 is 4.74 Å². The van der Waals surface area contributed by atoms with Crippen LogP contribution in [0.3, 0.4) is 0 Å². The van der Waals surface area contributed by atoms with Crippen molar-refractivity contribution in [3.05, 3.63) is 65.4 Å². The van der Waals surface area contributed by atoms with Gasteiger partial charge in [0.25, 0.3) is 5.91 Å². The third-order valence-corrected chi connectivity index (χ3v) is 6.15. The molecular formula is C23H25N3O2S. The van der Waals surface area contributed by atoms with Gasteiger partial charge in [-0.25, -0.2) is 0 Å². The number of aromatic amines is 1. The summed E-state index contributed by atoms with van der Waals surface area (Å²) in [4.78, 5) is 16.4. The van der Waals surface area contributed by atoms with Gasteiger partial charge in [-0.3, -0.25) is 9.89 Å². The number of methoxy groups -OCH3 is 1. The molecule has 1 aliphatic rings. The number of H-pyrrole nitrogens is 1. The second-order valence-corrected chi connectivity index (χ2v) is 8.00. The number of carbonyl (C=O) groups excluding carboxylic acids is 1. The molecule has 150 valence electrons. The number of hydrogen-bond acceptors (Lipinski definition) is 4. The van der Waals surface area contributed by atoms with Crippen molar-refractivity contribution in [3.8, 4) is 17.0 Å². The molecule has 29 heavy (non-hydrogen) atoms. The van der Waals surface area contributed by atoms with E-state index in [1.807, 2.05) is 29.2 Å². The van der Waals surface area contributed by atoms with Gasteiger partial charge in [-0.05, 0) is 54.6 Å². The predicted octanol–water partition coefficient (Wildman–Crippen LogP) is 5.15. The number of nitrogens with zero attached hydrogens (tertiary/aromatic N) is 2. The maximum absolute atomic E-state index is 13.2. The molecule has 1 aliphatic heterocycles. The highest BCUT2D eigenvalue weighted by Crippen LogP contribution is 2.43. The first-order chi connectivity index (χ1) is 14.2. The Labute approximate surface area is 175 Å². The average Bonchev–Trinajstić information content (AvgIpc) is 3.31. The smallest absolute Gasteiger partial charge is 0.273 e. The Hall–Kier alpha value is -2.73. The SMILES string of the molecule is CCCCN1C(=O)c2[nH]nc(-c3ccc(OC)cc3)c2C1c1ccc(SC)cc1. The summed E-state index contributed by atoms with van der Waals surface area (Å²) in [6, 6.07) is 16.2. The summed E-state index contributed by atoms with van der Waals surface area (Å²) in [5.41, 5.74) is 4.48. The van der Waals surface area contributed by atoms with E-state index in [1.165, 1.54) is 4.90 Å². The summed E-state index contributed by atoms with van der Waals surface area (Å²) in [5, 5.41) is 7.54. The molecule has 6 heteroatoms. The number of ether oxygens (including phenoxy) is 1. The summed E-state index contributed by atoms with van der Waals surface area (Å²) in [6.07, 6.45) is 4.08. The molecule has 0 bridgehead atoms. The molecule has 2 aromatic carbocycles. The topological polar surface area (TPSA) is 58.2 Å². The van der Waals surface area contributed by atoms with Gasteiger partial charge < -0.3 is 9.64 Å². The van der Waals surface area contributed by atoms with Gasteiger partial charge in [-0.2, -0.15) is 5.10 Å². The third kappa shape index (κ3) is 3.53. The molecule has 0 fully saturated rings. The van der Waals surface area contributed by atoms with Crippen LogP contribution in [0, 0.1) is 0 Å². The molecule has 2 heterocycles. The summed E-state index contributed by atoms with van der Waals surface area (Å²) in [7, 11) is 1.65. The molecule has 5 nitrogen and oxygen atoms in total. The summed E-state index contributed by atoms with van der Waals surface area (Å²) in [6.45, 7) is 2.88. The number of carbonyl (C=O) groups is 1. The average molecular weight is 408 g/mol. The standard InChI is InChI=1S/C23H25N3O2S/c1-4-5-14-26-22(16-8-12-18(29-3)13-9-16)19-20(24-25-21(19)23(26)27)15-6-10-17(28-2)11-7-15/h6-13,22H,4-5,14H2,1-3H3,(H,24,25). The third-order valence-electron chi connectivity index (χ3n) is 5.41.